The van der Waals surface area contributed by atoms with E-state index >= 15 is 0 Å². The first kappa shape index (κ1) is 15.5. The Bertz CT molecular complexity index is 662. The minimum absolute atomic E-state index is 0.0133. The van der Waals surface area contributed by atoms with Crippen molar-refractivity contribution in [1.82, 2.24) is 4.90 Å². The molecule has 1 aliphatic heterocycles. The summed E-state index contributed by atoms with van der Waals surface area (Å²) in [4.78, 5) is 25.8. The van der Waals surface area contributed by atoms with Gasteiger partial charge in [0.25, 0.3) is 11.7 Å². The van der Waals surface area contributed by atoms with Crippen LogP contribution in [0, 0.1) is 0 Å². The lowest BCUT2D eigenvalue weighted by atomic mass is 9.98. The standard InChI is InChI=1S/C14H17NO5S/c1-3-7-15(14(2)6-9-21(18,19)10-14)13(17)12(16)11-5-4-8-20-11/h3-5,8H,1,6-7,9-10H2,2H3/t14-/m0/s1. The molecule has 1 fully saturated rings. The van der Waals surface area contributed by atoms with Gasteiger partial charge in [-0.25, -0.2) is 8.42 Å². The number of amides is 1. The summed E-state index contributed by atoms with van der Waals surface area (Å²) in [6.45, 7) is 5.35. The average Bonchev–Trinajstić information content (AvgIpc) is 3.03. The number of carbonyl (C=O) groups is 2. The maximum atomic E-state index is 12.4. The zero-order valence-corrected chi connectivity index (χ0v) is 12.6. The summed E-state index contributed by atoms with van der Waals surface area (Å²) in [6, 6.07) is 2.92. The van der Waals surface area contributed by atoms with Crippen LogP contribution in [0.5, 0.6) is 0 Å². The van der Waals surface area contributed by atoms with Gasteiger partial charge in [-0.05, 0) is 25.5 Å². The Hall–Kier alpha value is -1.89. The zero-order valence-electron chi connectivity index (χ0n) is 11.7. The van der Waals surface area contributed by atoms with Crippen LogP contribution in [-0.4, -0.2) is 48.6 Å². The van der Waals surface area contributed by atoms with E-state index in [1.807, 2.05) is 0 Å². The molecule has 7 heteroatoms. The summed E-state index contributed by atoms with van der Waals surface area (Å²) in [5.74, 6) is -1.75. The van der Waals surface area contributed by atoms with Crippen molar-refractivity contribution in [2.45, 2.75) is 18.9 Å². The molecule has 2 heterocycles. The number of nitrogens with zero attached hydrogens (tertiary/aromatic N) is 1. The molecule has 0 bridgehead atoms. The van der Waals surface area contributed by atoms with Gasteiger partial charge in [-0.3, -0.25) is 9.59 Å². The number of rotatable bonds is 5. The number of furan rings is 1. The van der Waals surface area contributed by atoms with E-state index in [1.54, 1.807) is 6.92 Å². The van der Waals surface area contributed by atoms with Crippen LogP contribution in [0.25, 0.3) is 0 Å². The Morgan fingerprint density at radius 3 is 2.71 bits per heavy atom. The molecule has 0 unspecified atom stereocenters. The maximum absolute atomic E-state index is 12.4. The molecular formula is C14H17NO5S. The van der Waals surface area contributed by atoms with Crippen LogP contribution in [0.4, 0.5) is 0 Å². The summed E-state index contributed by atoms with van der Waals surface area (Å²) in [6.07, 6.45) is 3.09. The van der Waals surface area contributed by atoms with Crippen LogP contribution >= 0.6 is 0 Å². The number of carbonyl (C=O) groups excluding carboxylic acids is 2. The molecule has 0 aromatic carbocycles. The van der Waals surface area contributed by atoms with Crippen molar-refractivity contribution < 1.29 is 22.4 Å². The normalized spacial score (nSPS) is 23.7. The monoisotopic (exact) mass is 311 g/mol. The van der Waals surface area contributed by atoms with Gasteiger partial charge in [-0.1, -0.05) is 6.08 Å². The van der Waals surface area contributed by atoms with E-state index in [4.69, 9.17) is 4.42 Å². The minimum Gasteiger partial charge on any atom is -0.461 e. The Morgan fingerprint density at radius 2 is 2.24 bits per heavy atom. The van der Waals surface area contributed by atoms with E-state index in [2.05, 4.69) is 6.58 Å². The third-order valence-electron chi connectivity index (χ3n) is 3.63. The third kappa shape index (κ3) is 3.07. The highest BCUT2D eigenvalue weighted by Crippen LogP contribution is 2.30. The quantitative estimate of drug-likeness (QED) is 0.461. The summed E-state index contributed by atoms with van der Waals surface area (Å²) in [5, 5.41) is 0. The van der Waals surface area contributed by atoms with Crippen molar-refractivity contribution in [3.63, 3.8) is 0 Å². The van der Waals surface area contributed by atoms with Gasteiger partial charge < -0.3 is 9.32 Å². The molecule has 0 radical (unpaired) electrons. The fourth-order valence-corrected chi connectivity index (χ4v) is 4.66. The molecule has 1 aliphatic rings. The van der Waals surface area contributed by atoms with Crippen molar-refractivity contribution >= 4 is 21.5 Å². The van der Waals surface area contributed by atoms with Crippen LogP contribution in [-0.2, 0) is 14.6 Å². The molecule has 1 saturated heterocycles. The third-order valence-corrected chi connectivity index (χ3v) is 5.52. The van der Waals surface area contributed by atoms with E-state index in [9.17, 15) is 18.0 Å². The van der Waals surface area contributed by atoms with E-state index in [-0.39, 0.29) is 23.8 Å². The molecule has 0 spiro atoms. The molecule has 1 amide bonds. The van der Waals surface area contributed by atoms with Crippen molar-refractivity contribution in [3.05, 3.63) is 36.8 Å². The lowest BCUT2D eigenvalue weighted by Crippen LogP contribution is -2.53. The SMILES string of the molecule is C=CCN(C(=O)C(=O)c1ccco1)[C@@]1(C)CCS(=O)(=O)C1. The number of hydrogen-bond donors (Lipinski definition) is 0. The Labute approximate surface area is 123 Å². The smallest absolute Gasteiger partial charge is 0.299 e. The van der Waals surface area contributed by atoms with Gasteiger partial charge in [-0.2, -0.15) is 0 Å². The predicted molar refractivity (Wildman–Crippen MR) is 76.6 cm³/mol. The maximum Gasteiger partial charge on any atom is 0.299 e. The van der Waals surface area contributed by atoms with E-state index < -0.39 is 27.1 Å². The second kappa shape index (κ2) is 5.48. The second-order valence-electron chi connectivity index (χ2n) is 5.35. The Kier molecular flexibility index (Phi) is 4.04. The fourth-order valence-electron chi connectivity index (χ4n) is 2.52. The van der Waals surface area contributed by atoms with E-state index in [0.717, 1.165) is 0 Å². The first-order chi connectivity index (χ1) is 9.79. The predicted octanol–water partition coefficient (Wildman–Crippen LogP) is 1.05. The summed E-state index contributed by atoms with van der Waals surface area (Å²) in [7, 11) is -3.19. The summed E-state index contributed by atoms with van der Waals surface area (Å²) < 4.78 is 28.4. The van der Waals surface area contributed by atoms with Gasteiger partial charge in [0, 0.05) is 6.54 Å². The van der Waals surface area contributed by atoms with Crippen molar-refractivity contribution in [3.8, 4) is 0 Å². The van der Waals surface area contributed by atoms with E-state index in [1.165, 1.54) is 29.4 Å². The largest absolute Gasteiger partial charge is 0.461 e. The van der Waals surface area contributed by atoms with Gasteiger partial charge in [0.2, 0.25) is 0 Å². The molecular weight excluding hydrogens is 294 g/mol. The lowest BCUT2D eigenvalue weighted by molar-refractivity contribution is -0.130. The second-order valence-corrected chi connectivity index (χ2v) is 7.53. The highest BCUT2D eigenvalue weighted by molar-refractivity contribution is 7.91. The molecule has 2 rings (SSSR count). The van der Waals surface area contributed by atoms with Crippen molar-refractivity contribution in [2.75, 3.05) is 18.1 Å². The van der Waals surface area contributed by atoms with Gasteiger partial charge in [0.15, 0.2) is 15.6 Å². The highest BCUT2D eigenvalue weighted by Gasteiger charge is 2.46. The summed E-state index contributed by atoms with van der Waals surface area (Å²) >= 11 is 0. The molecule has 0 aliphatic carbocycles. The molecule has 0 saturated carbocycles. The number of ketones is 1. The lowest BCUT2D eigenvalue weighted by Gasteiger charge is -2.36. The molecule has 6 nitrogen and oxygen atoms in total. The first-order valence-electron chi connectivity index (χ1n) is 6.50. The van der Waals surface area contributed by atoms with Crippen LogP contribution in [0.3, 0.4) is 0 Å². The van der Waals surface area contributed by atoms with E-state index in [0.29, 0.717) is 6.42 Å². The molecule has 21 heavy (non-hydrogen) atoms. The number of Topliss-reactive ketones (excluding diaryl/α,β-unsaturated/α-hetero) is 1. The summed E-state index contributed by atoms with van der Waals surface area (Å²) in [5.41, 5.74) is -0.896. The Balaban J connectivity index is 2.29. The zero-order chi connectivity index (χ0) is 15.7. The topological polar surface area (TPSA) is 84.7 Å². The van der Waals surface area contributed by atoms with Gasteiger partial charge in [0.1, 0.15) is 0 Å². The molecule has 114 valence electrons. The Morgan fingerprint density at radius 1 is 1.52 bits per heavy atom. The number of hydrogen-bond acceptors (Lipinski definition) is 5. The van der Waals surface area contributed by atoms with Crippen LogP contribution in [0.15, 0.2) is 35.5 Å². The van der Waals surface area contributed by atoms with Crippen molar-refractivity contribution in [2.24, 2.45) is 0 Å². The van der Waals surface area contributed by atoms with Gasteiger partial charge in [0.05, 0.1) is 23.3 Å². The number of sulfone groups is 1. The highest BCUT2D eigenvalue weighted by atomic mass is 32.2. The molecule has 1 aromatic rings. The van der Waals surface area contributed by atoms with Crippen LogP contribution in [0.2, 0.25) is 0 Å². The average molecular weight is 311 g/mol. The van der Waals surface area contributed by atoms with Gasteiger partial charge in [-0.15, -0.1) is 6.58 Å². The molecule has 0 N–H and O–H groups in total. The van der Waals surface area contributed by atoms with Crippen LogP contribution < -0.4 is 0 Å². The van der Waals surface area contributed by atoms with Crippen molar-refractivity contribution in [1.29, 1.82) is 0 Å². The first-order valence-corrected chi connectivity index (χ1v) is 8.32. The minimum atomic E-state index is -3.19. The van der Waals surface area contributed by atoms with Crippen LogP contribution in [0.1, 0.15) is 23.9 Å². The molecule has 1 aromatic heterocycles. The molecule has 1 atom stereocenters. The fraction of sp³-hybridized carbons (Fsp3) is 0.429. The van der Waals surface area contributed by atoms with Gasteiger partial charge >= 0.3 is 0 Å².